The number of methoxy groups -OCH3 is 1. The normalized spacial score (nSPS) is 9.47. The Bertz CT molecular complexity index is 401. The van der Waals surface area contributed by atoms with Crippen LogP contribution in [0.1, 0.15) is 17.3 Å². The molecule has 1 aromatic carbocycles. The number of hydrogen-bond acceptors (Lipinski definition) is 4. The van der Waals surface area contributed by atoms with E-state index in [0.29, 0.717) is 12.0 Å². The van der Waals surface area contributed by atoms with Crippen molar-refractivity contribution in [3.8, 4) is 11.5 Å². The third kappa shape index (κ3) is 2.46. The molecule has 0 unspecified atom stereocenters. The lowest BCUT2D eigenvalue weighted by molar-refractivity contribution is -0.114. The first kappa shape index (κ1) is 11.0. The van der Waals surface area contributed by atoms with Crippen LogP contribution < -0.4 is 10.1 Å². The van der Waals surface area contributed by atoms with Crippen LogP contribution in [-0.4, -0.2) is 24.4 Å². The Hall–Kier alpha value is -2.04. The highest BCUT2D eigenvalue weighted by Gasteiger charge is 2.09. The minimum absolute atomic E-state index is 0.145. The summed E-state index contributed by atoms with van der Waals surface area (Å²) < 4.78 is 4.85. The maximum atomic E-state index is 10.8. The minimum atomic E-state index is -0.300. The topological polar surface area (TPSA) is 75.6 Å². The molecule has 0 aliphatic heterocycles. The molecule has 2 N–H and O–H groups in total. The molecule has 5 heteroatoms. The van der Waals surface area contributed by atoms with Gasteiger partial charge in [0.1, 0.15) is 0 Å². The zero-order valence-electron chi connectivity index (χ0n) is 8.40. The largest absolute Gasteiger partial charge is 0.504 e. The molecule has 0 bridgehead atoms. The van der Waals surface area contributed by atoms with Crippen molar-refractivity contribution in [3.63, 3.8) is 0 Å². The van der Waals surface area contributed by atoms with Gasteiger partial charge in [0.25, 0.3) is 0 Å². The molecule has 80 valence electrons. The second-order valence-corrected chi connectivity index (χ2v) is 2.91. The highest BCUT2D eigenvalue weighted by molar-refractivity contribution is 5.96. The van der Waals surface area contributed by atoms with Crippen molar-refractivity contribution in [3.05, 3.63) is 17.7 Å². The fourth-order valence-electron chi connectivity index (χ4n) is 1.14. The average molecular weight is 209 g/mol. The van der Waals surface area contributed by atoms with Crippen LogP contribution in [0.25, 0.3) is 0 Å². The van der Waals surface area contributed by atoms with E-state index >= 15 is 0 Å². The van der Waals surface area contributed by atoms with E-state index in [4.69, 9.17) is 4.74 Å². The molecule has 0 fully saturated rings. The second kappa shape index (κ2) is 4.45. The lowest BCUT2D eigenvalue weighted by atomic mass is 10.1. The molecule has 0 aromatic heterocycles. The molecule has 0 spiro atoms. The number of hydrogen-bond donors (Lipinski definition) is 2. The Morgan fingerprint density at radius 3 is 2.67 bits per heavy atom. The van der Waals surface area contributed by atoms with Gasteiger partial charge in [-0.2, -0.15) is 0 Å². The molecule has 1 rings (SSSR count). The van der Waals surface area contributed by atoms with Crippen molar-refractivity contribution in [1.82, 2.24) is 0 Å². The quantitative estimate of drug-likeness (QED) is 0.578. The van der Waals surface area contributed by atoms with Gasteiger partial charge in [-0.3, -0.25) is 9.59 Å². The second-order valence-electron chi connectivity index (χ2n) is 2.91. The van der Waals surface area contributed by atoms with Gasteiger partial charge in [0.15, 0.2) is 17.8 Å². The zero-order valence-corrected chi connectivity index (χ0v) is 8.40. The van der Waals surface area contributed by atoms with E-state index in [1.165, 1.54) is 26.2 Å². The van der Waals surface area contributed by atoms with Gasteiger partial charge < -0.3 is 15.2 Å². The smallest absolute Gasteiger partial charge is 0.221 e. The lowest BCUT2D eigenvalue weighted by Crippen LogP contribution is -2.08. The van der Waals surface area contributed by atoms with Crippen LogP contribution in [0.3, 0.4) is 0 Å². The monoisotopic (exact) mass is 209 g/mol. The average Bonchev–Trinajstić information content (AvgIpc) is 2.19. The number of phenols is 1. The number of rotatable bonds is 3. The number of carbonyl (C=O) groups excluding carboxylic acids is 2. The highest BCUT2D eigenvalue weighted by atomic mass is 16.5. The summed E-state index contributed by atoms with van der Waals surface area (Å²) in [4.78, 5) is 21.5. The number of aromatic hydroxyl groups is 1. The molecule has 0 atom stereocenters. The van der Waals surface area contributed by atoms with E-state index < -0.39 is 0 Å². The van der Waals surface area contributed by atoms with Crippen molar-refractivity contribution in [1.29, 1.82) is 0 Å². The number of benzene rings is 1. The standard InChI is InChI=1S/C10H11NO4/c1-6(13)11-8-4-10(15-2)9(14)3-7(8)5-12/h3-5,14H,1-2H3,(H,11,13). The first-order valence-corrected chi connectivity index (χ1v) is 4.22. The van der Waals surface area contributed by atoms with Gasteiger partial charge in [-0.05, 0) is 6.07 Å². The molecule has 1 amide bonds. The SMILES string of the molecule is COc1cc(NC(C)=O)c(C=O)cc1O. The summed E-state index contributed by atoms with van der Waals surface area (Å²) in [6.07, 6.45) is 0.546. The van der Waals surface area contributed by atoms with Crippen LogP contribution in [0, 0.1) is 0 Å². The Kier molecular flexibility index (Phi) is 3.28. The van der Waals surface area contributed by atoms with Crippen LogP contribution in [0.4, 0.5) is 5.69 Å². The Labute approximate surface area is 86.7 Å². The van der Waals surface area contributed by atoms with Crippen molar-refractivity contribution >= 4 is 17.9 Å². The van der Waals surface area contributed by atoms with E-state index in [-0.39, 0.29) is 23.0 Å². The summed E-state index contributed by atoms with van der Waals surface area (Å²) in [5.41, 5.74) is 0.510. The molecule has 1 aromatic rings. The van der Waals surface area contributed by atoms with Crippen LogP contribution in [0.5, 0.6) is 11.5 Å². The summed E-state index contributed by atoms with van der Waals surface area (Å²) in [5.74, 6) is -0.246. The molecule has 0 radical (unpaired) electrons. The molecule has 0 saturated carbocycles. The molecule has 0 saturated heterocycles. The molecule has 0 aliphatic rings. The van der Waals surface area contributed by atoms with Crippen LogP contribution in [0.15, 0.2) is 12.1 Å². The van der Waals surface area contributed by atoms with Crippen molar-refractivity contribution in [2.24, 2.45) is 0 Å². The van der Waals surface area contributed by atoms with Crippen molar-refractivity contribution in [2.45, 2.75) is 6.92 Å². The summed E-state index contributed by atoms with van der Waals surface area (Å²) in [5, 5.41) is 11.8. The maximum absolute atomic E-state index is 10.8. The van der Waals surface area contributed by atoms with Crippen LogP contribution in [-0.2, 0) is 4.79 Å². The Morgan fingerprint density at radius 2 is 2.20 bits per heavy atom. The van der Waals surface area contributed by atoms with Crippen LogP contribution in [0.2, 0.25) is 0 Å². The fraction of sp³-hybridized carbons (Fsp3) is 0.200. The van der Waals surface area contributed by atoms with Gasteiger partial charge >= 0.3 is 0 Å². The Morgan fingerprint density at radius 1 is 1.53 bits per heavy atom. The minimum Gasteiger partial charge on any atom is -0.504 e. The molecule has 5 nitrogen and oxygen atoms in total. The van der Waals surface area contributed by atoms with E-state index in [9.17, 15) is 14.7 Å². The summed E-state index contributed by atoms with van der Waals surface area (Å²) >= 11 is 0. The van der Waals surface area contributed by atoms with Gasteiger partial charge in [-0.25, -0.2) is 0 Å². The Balaban J connectivity index is 3.21. The van der Waals surface area contributed by atoms with E-state index in [2.05, 4.69) is 5.32 Å². The molecular weight excluding hydrogens is 198 g/mol. The third-order valence-corrected chi connectivity index (χ3v) is 1.79. The number of amides is 1. The first-order chi connectivity index (χ1) is 7.08. The third-order valence-electron chi connectivity index (χ3n) is 1.79. The predicted octanol–water partition coefficient (Wildman–Crippen LogP) is 1.17. The predicted molar refractivity (Wildman–Crippen MR) is 54.4 cm³/mol. The zero-order chi connectivity index (χ0) is 11.4. The van der Waals surface area contributed by atoms with Crippen molar-refractivity contribution < 1.29 is 19.4 Å². The first-order valence-electron chi connectivity index (χ1n) is 4.22. The lowest BCUT2D eigenvalue weighted by Gasteiger charge is -2.09. The van der Waals surface area contributed by atoms with Gasteiger partial charge in [0.2, 0.25) is 5.91 Å². The highest BCUT2D eigenvalue weighted by Crippen LogP contribution is 2.31. The number of nitrogens with one attached hydrogen (secondary N) is 1. The maximum Gasteiger partial charge on any atom is 0.221 e. The number of ether oxygens (including phenoxy) is 1. The molecule has 0 aliphatic carbocycles. The molecule has 15 heavy (non-hydrogen) atoms. The summed E-state index contributed by atoms with van der Waals surface area (Å²) in [6, 6.07) is 2.62. The van der Waals surface area contributed by atoms with Crippen LogP contribution >= 0.6 is 0 Å². The molecule has 0 heterocycles. The van der Waals surface area contributed by atoms with Gasteiger partial charge in [0, 0.05) is 18.6 Å². The number of aldehydes is 1. The van der Waals surface area contributed by atoms with E-state index in [1.54, 1.807) is 0 Å². The van der Waals surface area contributed by atoms with Gasteiger partial charge in [-0.15, -0.1) is 0 Å². The molecular formula is C10H11NO4. The fourth-order valence-corrected chi connectivity index (χ4v) is 1.14. The van der Waals surface area contributed by atoms with Gasteiger partial charge in [0.05, 0.1) is 12.8 Å². The van der Waals surface area contributed by atoms with E-state index in [1.807, 2.05) is 0 Å². The summed E-state index contributed by atoms with van der Waals surface area (Å²) in [7, 11) is 1.38. The van der Waals surface area contributed by atoms with Crippen molar-refractivity contribution in [2.75, 3.05) is 12.4 Å². The number of phenolic OH excluding ortho intramolecular Hbond substituents is 1. The summed E-state index contributed by atoms with van der Waals surface area (Å²) in [6.45, 7) is 1.33. The number of carbonyl (C=O) groups is 2. The number of anilines is 1. The van der Waals surface area contributed by atoms with Gasteiger partial charge in [-0.1, -0.05) is 0 Å². The van der Waals surface area contributed by atoms with E-state index in [0.717, 1.165) is 0 Å².